The first kappa shape index (κ1) is 18.8. The topological polar surface area (TPSA) is 124 Å². The van der Waals surface area contributed by atoms with Crippen LogP contribution in [0.15, 0.2) is 23.1 Å². The second-order valence-electron chi connectivity index (χ2n) is 5.79. The number of sulfone groups is 1. The SMILES string of the molecule is C[C@H](OC(=O)c1ccc(S(C)(=O)=O)c([N+](=O)[O-])c1)C(=O)N1CCCC1. The van der Waals surface area contributed by atoms with E-state index in [1.165, 1.54) is 6.92 Å². The van der Waals surface area contributed by atoms with Crippen LogP contribution in [0.25, 0.3) is 0 Å². The van der Waals surface area contributed by atoms with E-state index in [4.69, 9.17) is 4.74 Å². The molecule has 1 atom stereocenters. The molecule has 10 heteroatoms. The average molecular weight is 370 g/mol. The summed E-state index contributed by atoms with van der Waals surface area (Å²) in [7, 11) is -3.82. The predicted octanol–water partition coefficient (Wildman–Crippen LogP) is 1.17. The van der Waals surface area contributed by atoms with Crippen LogP contribution in [0.4, 0.5) is 5.69 Å². The third-order valence-electron chi connectivity index (χ3n) is 3.84. The van der Waals surface area contributed by atoms with E-state index < -0.39 is 37.4 Å². The van der Waals surface area contributed by atoms with Gasteiger partial charge in [-0.3, -0.25) is 14.9 Å². The molecule has 0 unspecified atom stereocenters. The maximum atomic E-state index is 12.1. The number of hydrogen-bond acceptors (Lipinski definition) is 7. The van der Waals surface area contributed by atoms with Gasteiger partial charge in [0.25, 0.3) is 11.6 Å². The largest absolute Gasteiger partial charge is 0.449 e. The van der Waals surface area contributed by atoms with Crippen molar-refractivity contribution in [3.63, 3.8) is 0 Å². The van der Waals surface area contributed by atoms with Gasteiger partial charge in [-0.1, -0.05) is 0 Å². The van der Waals surface area contributed by atoms with Crippen LogP contribution in [0.3, 0.4) is 0 Å². The molecule has 1 saturated heterocycles. The zero-order chi connectivity index (χ0) is 18.8. The molecule has 1 aliphatic heterocycles. The van der Waals surface area contributed by atoms with Gasteiger partial charge in [-0.2, -0.15) is 0 Å². The first-order valence-corrected chi connectivity index (χ1v) is 9.48. The summed E-state index contributed by atoms with van der Waals surface area (Å²) in [5, 5.41) is 11.1. The van der Waals surface area contributed by atoms with Crippen molar-refractivity contribution in [2.75, 3.05) is 19.3 Å². The number of hydrogen-bond donors (Lipinski definition) is 0. The lowest BCUT2D eigenvalue weighted by Gasteiger charge is -2.20. The normalized spacial score (nSPS) is 15.7. The first-order chi connectivity index (χ1) is 11.6. The highest BCUT2D eigenvalue weighted by atomic mass is 32.2. The highest BCUT2D eigenvalue weighted by molar-refractivity contribution is 7.90. The molecule has 0 radical (unpaired) electrons. The molecule has 0 spiro atoms. The molecule has 0 saturated carbocycles. The lowest BCUT2D eigenvalue weighted by Crippen LogP contribution is -2.38. The molecular formula is C15H18N2O7S. The minimum absolute atomic E-state index is 0.194. The Morgan fingerprint density at radius 3 is 2.40 bits per heavy atom. The van der Waals surface area contributed by atoms with Crippen LogP contribution in [-0.4, -0.2) is 55.6 Å². The van der Waals surface area contributed by atoms with E-state index >= 15 is 0 Å². The number of nitro benzene ring substituents is 1. The van der Waals surface area contributed by atoms with Crippen LogP contribution in [0.2, 0.25) is 0 Å². The number of ether oxygens (including phenoxy) is 1. The summed E-state index contributed by atoms with van der Waals surface area (Å²) in [5.74, 6) is -1.25. The van der Waals surface area contributed by atoms with Crippen LogP contribution in [0.5, 0.6) is 0 Å². The van der Waals surface area contributed by atoms with Crippen molar-refractivity contribution in [2.45, 2.75) is 30.8 Å². The Morgan fingerprint density at radius 1 is 1.28 bits per heavy atom. The van der Waals surface area contributed by atoms with E-state index in [-0.39, 0.29) is 11.5 Å². The maximum absolute atomic E-state index is 12.1. The second-order valence-corrected chi connectivity index (χ2v) is 7.78. The van der Waals surface area contributed by atoms with Gasteiger partial charge in [0.05, 0.1) is 10.5 Å². The number of nitrogens with zero attached hydrogens (tertiary/aromatic N) is 2. The monoisotopic (exact) mass is 370 g/mol. The van der Waals surface area contributed by atoms with Crippen LogP contribution in [-0.2, 0) is 19.4 Å². The lowest BCUT2D eigenvalue weighted by atomic mass is 10.2. The van der Waals surface area contributed by atoms with E-state index in [2.05, 4.69) is 0 Å². The highest BCUT2D eigenvalue weighted by Crippen LogP contribution is 2.25. The van der Waals surface area contributed by atoms with Crippen molar-refractivity contribution in [3.8, 4) is 0 Å². The number of benzene rings is 1. The zero-order valence-electron chi connectivity index (χ0n) is 13.8. The van der Waals surface area contributed by atoms with Crippen molar-refractivity contribution in [2.24, 2.45) is 0 Å². The number of rotatable bonds is 5. The molecule has 1 aromatic rings. The smallest absolute Gasteiger partial charge is 0.339 e. The van der Waals surface area contributed by atoms with Crippen molar-refractivity contribution in [3.05, 3.63) is 33.9 Å². The van der Waals surface area contributed by atoms with Gasteiger partial charge in [-0.05, 0) is 31.9 Å². The average Bonchev–Trinajstić information content (AvgIpc) is 3.06. The van der Waals surface area contributed by atoms with Gasteiger partial charge in [0, 0.05) is 25.4 Å². The van der Waals surface area contributed by atoms with E-state index in [0.29, 0.717) is 13.1 Å². The predicted molar refractivity (Wildman–Crippen MR) is 86.9 cm³/mol. The van der Waals surface area contributed by atoms with E-state index in [9.17, 15) is 28.1 Å². The van der Waals surface area contributed by atoms with E-state index in [0.717, 1.165) is 37.3 Å². The number of amides is 1. The number of nitro groups is 1. The fourth-order valence-electron chi connectivity index (χ4n) is 2.57. The van der Waals surface area contributed by atoms with Gasteiger partial charge in [0.2, 0.25) is 0 Å². The fourth-order valence-corrected chi connectivity index (χ4v) is 3.40. The number of carbonyl (C=O) groups excluding carboxylic acids is 2. The summed E-state index contributed by atoms with van der Waals surface area (Å²) in [6.07, 6.45) is 1.60. The van der Waals surface area contributed by atoms with Crippen LogP contribution < -0.4 is 0 Å². The molecule has 0 N–H and O–H groups in total. The van der Waals surface area contributed by atoms with Crippen LogP contribution in [0.1, 0.15) is 30.1 Å². The molecule has 0 aliphatic carbocycles. The summed E-state index contributed by atoms with van der Waals surface area (Å²) >= 11 is 0. The third kappa shape index (κ3) is 4.32. The molecule has 1 heterocycles. The Kier molecular flexibility index (Phi) is 5.41. The molecule has 0 bridgehead atoms. The summed E-state index contributed by atoms with van der Waals surface area (Å²) in [6, 6.07) is 2.95. The Labute approximate surface area is 144 Å². The molecule has 1 aliphatic rings. The molecule has 9 nitrogen and oxygen atoms in total. The van der Waals surface area contributed by atoms with E-state index in [1.807, 2.05) is 0 Å². The summed E-state index contributed by atoms with van der Waals surface area (Å²) < 4.78 is 28.2. The van der Waals surface area contributed by atoms with Crippen molar-refractivity contribution in [1.29, 1.82) is 0 Å². The van der Waals surface area contributed by atoms with Gasteiger partial charge in [0.1, 0.15) is 4.90 Å². The summed E-state index contributed by atoms with van der Waals surface area (Å²) in [5.41, 5.74) is -0.907. The van der Waals surface area contributed by atoms with E-state index in [1.54, 1.807) is 4.90 Å². The molecular weight excluding hydrogens is 352 g/mol. The van der Waals surface area contributed by atoms with Crippen molar-refractivity contribution >= 4 is 27.4 Å². The van der Waals surface area contributed by atoms with Crippen molar-refractivity contribution in [1.82, 2.24) is 4.90 Å². The highest BCUT2D eigenvalue weighted by Gasteiger charge is 2.28. The zero-order valence-corrected chi connectivity index (χ0v) is 14.6. The third-order valence-corrected chi connectivity index (χ3v) is 4.98. The van der Waals surface area contributed by atoms with Crippen LogP contribution in [0, 0.1) is 10.1 Å². The molecule has 136 valence electrons. The van der Waals surface area contributed by atoms with Crippen LogP contribution >= 0.6 is 0 Å². The summed E-state index contributed by atoms with van der Waals surface area (Å²) in [6.45, 7) is 2.64. The first-order valence-electron chi connectivity index (χ1n) is 7.59. The minimum Gasteiger partial charge on any atom is -0.449 e. The number of esters is 1. The van der Waals surface area contributed by atoms with Gasteiger partial charge in [-0.15, -0.1) is 0 Å². The molecule has 25 heavy (non-hydrogen) atoms. The standard InChI is InChI=1S/C15H18N2O7S/c1-10(14(18)16-7-3-4-8-16)24-15(19)11-5-6-13(25(2,22)23)12(9-11)17(20)21/h5-6,9-10H,3-4,7-8H2,1-2H3/t10-/m0/s1. The molecule has 2 rings (SSSR count). The van der Waals surface area contributed by atoms with Gasteiger partial charge in [-0.25, -0.2) is 13.2 Å². The Hall–Kier alpha value is -2.49. The van der Waals surface area contributed by atoms with Gasteiger partial charge >= 0.3 is 5.97 Å². The second kappa shape index (κ2) is 7.18. The fraction of sp³-hybridized carbons (Fsp3) is 0.467. The minimum atomic E-state index is -3.82. The molecule has 1 aromatic carbocycles. The maximum Gasteiger partial charge on any atom is 0.339 e. The summed E-state index contributed by atoms with van der Waals surface area (Å²) in [4.78, 5) is 35.6. The number of likely N-dealkylation sites (tertiary alicyclic amines) is 1. The molecule has 1 fully saturated rings. The Balaban J connectivity index is 2.20. The van der Waals surface area contributed by atoms with Gasteiger partial charge < -0.3 is 9.64 Å². The van der Waals surface area contributed by atoms with Crippen molar-refractivity contribution < 1.29 is 27.7 Å². The molecule has 0 aromatic heterocycles. The number of carbonyl (C=O) groups is 2. The Bertz CT molecular complexity index is 813. The molecule has 1 amide bonds. The van der Waals surface area contributed by atoms with Gasteiger partial charge in [0.15, 0.2) is 15.9 Å². The quantitative estimate of drug-likeness (QED) is 0.433. The Morgan fingerprint density at radius 2 is 1.88 bits per heavy atom. The lowest BCUT2D eigenvalue weighted by molar-refractivity contribution is -0.387.